The van der Waals surface area contributed by atoms with Gasteiger partial charge in [-0.15, -0.1) is 0 Å². The van der Waals surface area contributed by atoms with Gasteiger partial charge in [0.05, 0.1) is 19.9 Å². The maximum atomic E-state index is 12.8. The smallest absolute Gasteiger partial charge is 0.346 e. The topological polar surface area (TPSA) is 77.1 Å². The van der Waals surface area contributed by atoms with Crippen LogP contribution in [0.5, 0.6) is 11.5 Å². The molecule has 1 fully saturated rings. The molecule has 35 heavy (non-hydrogen) atoms. The molecule has 0 radical (unpaired) electrons. The zero-order valence-electron chi connectivity index (χ0n) is 19.8. The number of hydrogen-bond acceptors (Lipinski definition) is 7. The van der Waals surface area contributed by atoms with Gasteiger partial charge in [0.1, 0.15) is 22.9 Å². The molecule has 7 heteroatoms. The fourth-order valence-electron chi connectivity index (χ4n) is 3.93. The number of Topliss-reactive ketones (excluding diaryl/α,β-unsaturated/α-hetero) is 1. The quantitative estimate of drug-likeness (QED) is 0.269. The van der Waals surface area contributed by atoms with E-state index in [2.05, 4.69) is 17.4 Å². The summed E-state index contributed by atoms with van der Waals surface area (Å²) in [5.74, 6) is 0.540. The Kier molecular flexibility index (Phi) is 7.67. The van der Waals surface area contributed by atoms with E-state index in [0.717, 1.165) is 17.5 Å². The van der Waals surface area contributed by atoms with Crippen LogP contribution in [0, 0.1) is 0 Å². The van der Waals surface area contributed by atoms with Crippen molar-refractivity contribution >= 4 is 17.4 Å². The Bertz CT molecular complexity index is 1190. The van der Waals surface area contributed by atoms with Gasteiger partial charge in [0.25, 0.3) is 0 Å². The van der Waals surface area contributed by atoms with Crippen LogP contribution in [0.1, 0.15) is 11.1 Å². The molecule has 1 saturated heterocycles. The van der Waals surface area contributed by atoms with Crippen LogP contribution in [0.15, 0.2) is 90.3 Å². The predicted octanol–water partition coefficient (Wildman–Crippen LogP) is 4.20. The van der Waals surface area contributed by atoms with Crippen LogP contribution in [-0.2, 0) is 27.3 Å². The first kappa shape index (κ1) is 23.9. The van der Waals surface area contributed by atoms with Crippen LogP contribution < -0.4 is 14.8 Å². The number of nitrogens with zero attached hydrogens (tertiary/aromatic N) is 1. The Hall–Kier alpha value is -4.26. The molecule has 0 saturated carbocycles. The number of cyclic esters (lactones) is 1. The van der Waals surface area contributed by atoms with Crippen molar-refractivity contribution in [3.05, 3.63) is 101 Å². The van der Waals surface area contributed by atoms with Gasteiger partial charge < -0.3 is 24.4 Å². The third kappa shape index (κ3) is 5.81. The molecule has 1 aliphatic heterocycles. The standard InChI is InChI=1S/C28H28N2O5/c1-33-22-13-14-23(25(17-22)34-2)29-27(26-24(31)19-35-28(26)32)30(18-21-11-7-4-8-12-21)16-15-20-9-5-3-6-10-20/h3-14,17,29H,15-16,18-19H2,1-2H3. The van der Waals surface area contributed by atoms with E-state index in [1.807, 2.05) is 53.4 Å². The molecule has 0 unspecified atom stereocenters. The molecule has 0 aromatic heterocycles. The molecular weight excluding hydrogens is 444 g/mol. The van der Waals surface area contributed by atoms with Crippen molar-refractivity contribution in [2.45, 2.75) is 13.0 Å². The van der Waals surface area contributed by atoms with E-state index in [1.165, 1.54) is 0 Å². The van der Waals surface area contributed by atoms with E-state index in [0.29, 0.717) is 36.1 Å². The summed E-state index contributed by atoms with van der Waals surface area (Å²) in [5, 5.41) is 3.31. The fraction of sp³-hybridized carbons (Fsp3) is 0.214. The summed E-state index contributed by atoms with van der Waals surface area (Å²) in [5.41, 5.74) is 2.80. The second-order valence-corrected chi connectivity index (χ2v) is 8.06. The number of benzene rings is 3. The van der Waals surface area contributed by atoms with E-state index < -0.39 is 5.97 Å². The largest absolute Gasteiger partial charge is 0.497 e. The molecule has 0 bridgehead atoms. The molecule has 0 aliphatic carbocycles. The molecule has 0 atom stereocenters. The Morgan fingerprint density at radius 3 is 2.20 bits per heavy atom. The minimum absolute atomic E-state index is 0.00636. The highest BCUT2D eigenvalue weighted by Gasteiger charge is 2.34. The molecule has 1 N–H and O–H groups in total. The molecule has 0 spiro atoms. The highest BCUT2D eigenvalue weighted by atomic mass is 16.5. The number of carbonyl (C=O) groups excluding carboxylic acids is 2. The number of rotatable bonds is 10. The summed E-state index contributed by atoms with van der Waals surface area (Å²) >= 11 is 0. The lowest BCUT2D eigenvalue weighted by Crippen LogP contribution is -2.32. The summed E-state index contributed by atoms with van der Waals surface area (Å²) in [6, 6.07) is 25.3. The number of nitrogens with one attached hydrogen (secondary N) is 1. The van der Waals surface area contributed by atoms with Gasteiger partial charge >= 0.3 is 5.97 Å². The third-order valence-corrected chi connectivity index (χ3v) is 5.76. The van der Waals surface area contributed by atoms with Gasteiger partial charge in [0.15, 0.2) is 6.61 Å². The zero-order valence-corrected chi connectivity index (χ0v) is 19.8. The number of ketones is 1. The van der Waals surface area contributed by atoms with Gasteiger partial charge in [-0.05, 0) is 29.7 Å². The van der Waals surface area contributed by atoms with Gasteiger partial charge in [0.2, 0.25) is 5.78 Å². The number of ether oxygens (including phenoxy) is 3. The van der Waals surface area contributed by atoms with Crippen LogP contribution in [0.25, 0.3) is 0 Å². The van der Waals surface area contributed by atoms with Crippen molar-refractivity contribution in [2.75, 3.05) is 32.7 Å². The van der Waals surface area contributed by atoms with Crippen LogP contribution >= 0.6 is 0 Å². The summed E-state index contributed by atoms with van der Waals surface area (Å²) in [7, 11) is 3.13. The lowest BCUT2D eigenvalue weighted by atomic mass is 10.1. The zero-order chi connectivity index (χ0) is 24.6. The van der Waals surface area contributed by atoms with Crippen LogP contribution in [-0.4, -0.2) is 44.0 Å². The van der Waals surface area contributed by atoms with E-state index in [-0.39, 0.29) is 18.0 Å². The second-order valence-electron chi connectivity index (χ2n) is 8.06. The molecular formula is C28H28N2O5. The SMILES string of the molecule is COc1ccc(NC(=C2C(=O)COC2=O)N(CCc2ccccc2)Cc2ccccc2)c(OC)c1. The van der Waals surface area contributed by atoms with Crippen LogP contribution in [0.3, 0.4) is 0 Å². The maximum absolute atomic E-state index is 12.8. The van der Waals surface area contributed by atoms with Crippen molar-refractivity contribution in [2.24, 2.45) is 0 Å². The first-order chi connectivity index (χ1) is 17.1. The summed E-state index contributed by atoms with van der Waals surface area (Å²) in [4.78, 5) is 27.5. The number of methoxy groups -OCH3 is 2. The van der Waals surface area contributed by atoms with Gasteiger partial charge in [-0.25, -0.2) is 4.79 Å². The highest BCUT2D eigenvalue weighted by Crippen LogP contribution is 2.32. The Balaban J connectivity index is 1.76. The Morgan fingerprint density at radius 2 is 1.60 bits per heavy atom. The maximum Gasteiger partial charge on any atom is 0.346 e. The van der Waals surface area contributed by atoms with E-state index in [4.69, 9.17) is 14.2 Å². The Labute approximate surface area is 204 Å². The first-order valence-corrected chi connectivity index (χ1v) is 11.4. The molecule has 3 aromatic rings. The second kappa shape index (κ2) is 11.2. The minimum Gasteiger partial charge on any atom is -0.497 e. The van der Waals surface area contributed by atoms with Crippen molar-refractivity contribution in [1.29, 1.82) is 0 Å². The average molecular weight is 473 g/mol. The molecule has 4 rings (SSSR count). The number of hydrogen-bond donors (Lipinski definition) is 1. The molecule has 1 heterocycles. The molecule has 0 amide bonds. The highest BCUT2D eigenvalue weighted by molar-refractivity contribution is 6.22. The molecule has 3 aromatic carbocycles. The van der Waals surface area contributed by atoms with Crippen LogP contribution in [0.4, 0.5) is 5.69 Å². The minimum atomic E-state index is -0.636. The van der Waals surface area contributed by atoms with Crippen molar-refractivity contribution in [3.63, 3.8) is 0 Å². The van der Waals surface area contributed by atoms with Crippen molar-refractivity contribution in [3.8, 4) is 11.5 Å². The Morgan fingerprint density at radius 1 is 0.914 bits per heavy atom. The lowest BCUT2D eigenvalue weighted by Gasteiger charge is -2.30. The van der Waals surface area contributed by atoms with Gasteiger partial charge in [-0.2, -0.15) is 0 Å². The molecule has 7 nitrogen and oxygen atoms in total. The van der Waals surface area contributed by atoms with E-state index in [9.17, 15) is 9.59 Å². The van der Waals surface area contributed by atoms with Gasteiger partial charge in [-0.1, -0.05) is 60.7 Å². The van der Waals surface area contributed by atoms with Crippen molar-refractivity contribution in [1.82, 2.24) is 4.90 Å². The molecule has 180 valence electrons. The fourth-order valence-corrected chi connectivity index (χ4v) is 3.93. The monoisotopic (exact) mass is 472 g/mol. The van der Waals surface area contributed by atoms with E-state index >= 15 is 0 Å². The summed E-state index contributed by atoms with van der Waals surface area (Å²) < 4.78 is 15.9. The first-order valence-electron chi connectivity index (χ1n) is 11.4. The average Bonchev–Trinajstić information content (AvgIpc) is 3.23. The molecule has 1 aliphatic rings. The summed E-state index contributed by atoms with van der Waals surface area (Å²) in [6.07, 6.45) is 0.717. The van der Waals surface area contributed by atoms with Gasteiger partial charge in [-0.3, -0.25) is 4.79 Å². The normalized spacial score (nSPS) is 14.3. The van der Waals surface area contributed by atoms with Gasteiger partial charge in [0, 0.05) is 19.2 Å². The lowest BCUT2D eigenvalue weighted by molar-refractivity contribution is -0.135. The predicted molar refractivity (Wildman–Crippen MR) is 133 cm³/mol. The third-order valence-electron chi connectivity index (χ3n) is 5.76. The van der Waals surface area contributed by atoms with Crippen LogP contribution in [0.2, 0.25) is 0 Å². The summed E-state index contributed by atoms with van der Waals surface area (Å²) in [6.45, 7) is 0.777. The van der Waals surface area contributed by atoms with E-state index in [1.54, 1.807) is 32.4 Å². The number of anilines is 1. The number of carbonyl (C=O) groups is 2. The number of esters is 1. The van der Waals surface area contributed by atoms with Crippen molar-refractivity contribution < 1.29 is 23.8 Å².